The molecule has 3 heterocycles. The molecular weight excluding hydrogens is 384 g/mol. The number of para-hydroxylation sites is 1. The molecule has 2 aliphatic heterocycles. The number of benzene rings is 2. The van der Waals surface area contributed by atoms with Gasteiger partial charge < -0.3 is 14.6 Å². The van der Waals surface area contributed by atoms with Crippen LogP contribution < -0.4 is 0 Å². The Morgan fingerprint density at radius 1 is 1.10 bits per heavy atom. The lowest BCUT2D eigenvalue weighted by Gasteiger charge is -2.46. The van der Waals surface area contributed by atoms with E-state index in [0.29, 0.717) is 6.61 Å². The molecule has 160 valence electrons. The summed E-state index contributed by atoms with van der Waals surface area (Å²) in [6.07, 6.45) is 3.77. The number of fused-ring (bicyclic) bond motifs is 5. The van der Waals surface area contributed by atoms with Gasteiger partial charge in [0.1, 0.15) is 0 Å². The van der Waals surface area contributed by atoms with E-state index in [1.807, 2.05) is 13.0 Å². The largest absolute Gasteiger partial charge is 0.463 e. The first kappa shape index (κ1) is 19.9. The summed E-state index contributed by atoms with van der Waals surface area (Å²) in [6.45, 7) is 5.42. The van der Waals surface area contributed by atoms with Crippen LogP contribution in [0, 0.1) is 0 Å². The summed E-state index contributed by atoms with van der Waals surface area (Å²) in [5.41, 5.74) is 7.22. The van der Waals surface area contributed by atoms with Crippen molar-refractivity contribution in [1.29, 1.82) is 0 Å². The van der Waals surface area contributed by atoms with Crippen molar-refractivity contribution < 1.29 is 9.53 Å². The summed E-state index contributed by atoms with van der Waals surface area (Å²) < 4.78 is 5.58. The molecule has 0 amide bonds. The number of nitrogens with zero attached hydrogens (tertiary/aromatic N) is 1. The number of aromatic nitrogens is 1. The lowest BCUT2D eigenvalue weighted by atomic mass is 9.77. The highest BCUT2D eigenvalue weighted by Crippen LogP contribution is 2.49. The van der Waals surface area contributed by atoms with Crippen molar-refractivity contribution in [2.75, 3.05) is 13.2 Å². The summed E-state index contributed by atoms with van der Waals surface area (Å²) in [4.78, 5) is 19.4. The quantitative estimate of drug-likeness (QED) is 0.531. The predicted octanol–water partition coefficient (Wildman–Crippen LogP) is 5.87. The summed E-state index contributed by atoms with van der Waals surface area (Å²) in [7, 11) is 0. The van der Waals surface area contributed by atoms with Gasteiger partial charge in [0.25, 0.3) is 0 Å². The van der Waals surface area contributed by atoms with E-state index in [9.17, 15) is 4.79 Å². The number of carbonyl (C=O) groups is 1. The number of rotatable bonds is 5. The fourth-order valence-corrected chi connectivity index (χ4v) is 5.56. The van der Waals surface area contributed by atoms with E-state index in [4.69, 9.17) is 4.74 Å². The van der Waals surface area contributed by atoms with E-state index in [0.717, 1.165) is 37.8 Å². The van der Waals surface area contributed by atoms with Crippen LogP contribution in [0.5, 0.6) is 0 Å². The Morgan fingerprint density at radius 2 is 1.87 bits per heavy atom. The average molecular weight is 415 g/mol. The summed E-state index contributed by atoms with van der Waals surface area (Å²) in [6, 6.07) is 19.3. The third-order valence-corrected chi connectivity index (χ3v) is 6.81. The normalized spacial score (nSPS) is 20.5. The number of H-pyrrole nitrogens is 1. The van der Waals surface area contributed by atoms with E-state index >= 15 is 0 Å². The van der Waals surface area contributed by atoms with E-state index in [1.165, 1.54) is 33.4 Å². The Balaban J connectivity index is 1.68. The third kappa shape index (κ3) is 3.34. The minimum Gasteiger partial charge on any atom is -0.463 e. The van der Waals surface area contributed by atoms with E-state index in [-0.39, 0.29) is 17.9 Å². The Labute approximate surface area is 183 Å². The number of esters is 1. The molecule has 0 fully saturated rings. The summed E-state index contributed by atoms with van der Waals surface area (Å²) in [5, 5.41) is 1.34. The van der Waals surface area contributed by atoms with E-state index in [1.54, 1.807) is 0 Å². The minimum atomic E-state index is -0.152. The molecular formula is C27H30N2O2. The molecule has 3 aromatic rings. The van der Waals surface area contributed by atoms with Crippen LogP contribution in [0.4, 0.5) is 0 Å². The molecule has 0 saturated heterocycles. The average Bonchev–Trinajstić information content (AvgIpc) is 3.19. The fraction of sp³-hybridized carbons (Fsp3) is 0.370. The van der Waals surface area contributed by atoms with Crippen molar-refractivity contribution in [2.45, 2.75) is 51.5 Å². The van der Waals surface area contributed by atoms with Crippen molar-refractivity contribution in [1.82, 2.24) is 9.88 Å². The number of carbonyl (C=O) groups excluding carboxylic acids is 1. The molecule has 31 heavy (non-hydrogen) atoms. The highest BCUT2D eigenvalue weighted by atomic mass is 16.5. The number of aromatic amines is 1. The van der Waals surface area contributed by atoms with Gasteiger partial charge in [0.15, 0.2) is 0 Å². The Hall–Kier alpha value is -3.01. The van der Waals surface area contributed by atoms with Crippen molar-refractivity contribution in [2.24, 2.45) is 0 Å². The summed E-state index contributed by atoms with van der Waals surface area (Å²) in [5.74, 6) is -0.110. The topological polar surface area (TPSA) is 45.3 Å². The van der Waals surface area contributed by atoms with Crippen molar-refractivity contribution in [3.8, 4) is 0 Å². The van der Waals surface area contributed by atoms with Gasteiger partial charge in [-0.2, -0.15) is 0 Å². The third-order valence-electron chi connectivity index (χ3n) is 6.81. The summed E-state index contributed by atoms with van der Waals surface area (Å²) >= 11 is 0. The fourth-order valence-electron chi connectivity index (χ4n) is 5.56. The van der Waals surface area contributed by atoms with Crippen LogP contribution in [-0.2, 0) is 16.0 Å². The number of ether oxygens (including phenoxy) is 1. The molecule has 0 saturated carbocycles. The second-order valence-corrected chi connectivity index (χ2v) is 8.55. The van der Waals surface area contributed by atoms with Crippen molar-refractivity contribution >= 4 is 16.9 Å². The van der Waals surface area contributed by atoms with Gasteiger partial charge in [-0.25, -0.2) is 4.79 Å². The van der Waals surface area contributed by atoms with E-state index in [2.05, 4.69) is 65.3 Å². The molecule has 4 nitrogen and oxygen atoms in total. The lowest BCUT2D eigenvalue weighted by Crippen LogP contribution is -2.41. The zero-order valence-electron chi connectivity index (χ0n) is 18.4. The Bertz CT molecular complexity index is 1130. The first-order valence-electron chi connectivity index (χ1n) is 11.5. The van der Waals surface area contributed by atoms with Gasteiger partial charge in [-0.3, -0.25) is 0 Å². The molecule has 5 rings (SSSR count). The minimum absolute atomic E-state index is 0.0420. The second-order valence-electron chi connectivity index (χ2n) is 8.55. The number of allylic oxidation sites excluding steroid dienone is 1. The van der Waals surface area contributed by atoms with Crippen LogP contribution in [0.3, 0.4) is 0 Å². The highest BCUT2D eigenvalue weighted by Gasteiger charge is 2.42. The first-order chi connectivity index (χ1) is 15.2. The highest BCUT2D eigenvalue weighted by molar-refractivity contribution is 5.92. The SMILES string of the molecule is CCCC1=C(C(=O)OCC)[C@H](c2ccccc2)C[C@H]2c3[nH]c4ccccc4c3CCN12. The Morgan fingerprint density at radius 3 is 2.65 bits per heavy atom. The van der Waals surface area contributed by atoms with Gasteiger partial charge in [-0.15, -0.1) is 0 Å². The van der Waals surface area contributed by atoms with Gasteiger partial charge in [-0.05, 0) is 43.4 Å². The molecule has 0 aliphatic carbocycles. The smallest absolute Gasteiger partial charge is 0.336 e. The second kappa shape index (κ2) is 8.26. The van der Waals surface area contributed by atoms with Gasteiger partial charge in [0.05, 0.1) is 18.2 Å². The van der Waals surface area contributed by atoms with Crippen LogP contribution in [0.15, 0.2) is 65.9 Å². The van der Waals surface area contributed by atoms with Crippen LogP contribution in [-0.4, -0.2) is 29.0 Å². The van der Waals surface area contributed by atoms with Gasteiger partial charge in [0.2, 0.25) is 0 Å². The van der Waals surface area contributed by atoms with Gasteiger partial charge in [0, 0.05) is 34.8 Å². The molecule has 1 aromatic heterocycles. The molecule has 0 bridgehead atoms. The molecule has 2 aliphatic rings. The predicted molar refractivity (Wildman–Crippen MR) is 124 cm³/mol. The molecule has 2 atom stereocenters. The van der Waals surface area contributed by atoms with Crippen molar-refractivity contribution in [3.05, 3.63) is 82.7 Å². The maximum Gasteiger partial charge on any atom is 0.336 e. The lowest BCUT2D eigenvalue weighted by molar-refractivity contribution is -0.139. The van der Waals surface area contributed by atoms with Crippen LogP contribution >= 0.6 is 0 Å². The maximum absolute atomic E-state index is 13.2. The number of hydrogen-bond donors (Lipinski definition) is 1. The molecule has 0 unspecified atom stereocenters. The zero-order chi connectivity index (χ0) is 21.4. The standard InChI is InChI=1S/C27H30N2O2/c1-3-10-23-25(27(30)31-4-2)21(18-11-6-5-7-12-18)17-24-26-20(15-16-29(23)24)19-13-8-9-14-22(19)28-26/h5-9,11-14,21,24,28H,3-4,10,15-17H2,1-2H3/t21-,24-/m0/s1. The molecule has 1 N–H and O–H groups in total. The molecule has 4 heteroatoms. The first-order valence-corrected chi connectivity index (χ1v) is 11.5. The monoisotopic (exact) mass is 414 g/mol. The molecule has 0 spiro atoms. The van der Waals surface area contributed by atoms with Crippen LogP contribution in [0.25, 0.3) is 10.9 Å². The van der Waals surface area contributed by atoms with Gasteiger partial charge >= 0.3 is 5.97 Å². The van der Waals surface area contributed by atoms with Crippen LogP contribution in [0.1, 0.15) is 61.9 Å². The van der Waals surface area contributed by atoms with Crippen LogP contribution in [0.2, 0.25) is 0 Å². The van der Waals surface area contributed by atoms with Crippen molar-refractivity contribution in [3.63, 3.8) is 0 Å². The number of nitrogens with one attached hydrogen (secondary N) is 1. The number of hydrogen-bond acceptors (Lipinski definition) is 3. The van der Waals surface area contributed by atoms with E-state index < -0.39 is 0 Å². The Kier molecular flexibility index (Phi) is 5.31. The molecule has 0 radical (unpaired) electrons. The zero-order valence-corrected chi connectivity index (χ0v) is 18.4. The van der Waals surface area contributed by atoms with Gasteiger partial charge in [-0.1, -0.05) is 61.9 Å². The molecule has 2 aromatic carbocycles. The maximum atomic E-state index is 13.2.